The zero-order valence-electron chi connectivity index (χ0n) is 14.8. The summed E-state index contributed by atoms with van der Waals surface area (Å²) in [4.78, 5) is 14.2. The summed E-state index contributed by atoms with van der Waals surface area (Å²) >= 11 is 0. The highest BCUT2D eigenvalue weighted by molar-refractivity contribution is 5.73. The van der Waals surface area contributed by atoms with Crippen molar-refractivity contribution in [1.82, 2.24) is 14.8 Å². The van der Waals surface area contributed by atoms with Gasteiger partial charge in [-0.25, -0.2) is 0 Å². The Morgan fingerprint density at radius 3 is 3.00 bits per heavy atom. The largest absolute Gasteiger partial charge is 0.472 e. The summed E-state index contributed by atoms with van der Waals surface area (Å²) < 4.78 is 12.4. The van der Waals surface area contributed by atoms with Crippen LogP contribution in [0.15, 0.2) is 35.2 Å². The third-order valence-corrected chi connectivity index (χ3v) is 4.26. The van der Waals surface area contributed by atoms with Crippen LogP contribution in [-0.2, 0) is 16.1 Å². The normalized spacial score (nSPS) is 17.5. The molecule has 2 aromatic rings. The quantitative estimate of drug-likeness (QED) is 0.592. The van der Waals surface area contributed by atoms with Crippen molar-refractivity contribution in [3.8, 4) is 11.4 Å². The third kappa shape index (κ3) is 3.75. The van der Waals surface area contributed by atoms with Crippen LogP contribution in [0.5, 0.6) is 0 Å². The number of aromatic nitrogens is 3. The summed E-state index contributed by atoms with van der Waals surface area (Å²) in [5.74, 6) is 1.24. The lowest BCUT2D eigenvalue weighted by molar-refractivity contribution is -0.148. The summed E-state index contributed by atoms with van der Waals surface area (Å²) in [5, 5.41) is 8.74. The molecule has 0 unspecified atom stereocenters. The number of piperidine rings is 1. The fraction of sp³-hybridized carbons (Fsp3) is 0.500. The lowest BCUT2D eigenvalue weighted by atomic mass is 9.98. The van der Waals surface area contributed by atoms with Gasteiger partial charge in [0, 0.05) is 19.6 Å². The molecule has 0 aliphatic carbocycles. The van der Waals surface area contributed by atoms with Crippen LogP contribution in [0.25, 0.3) is 11.4 Å². The van der Waals surface area contributed by atoms with Crippen molar-refractivity contribution in [2.45, 2.75) is 33.2 Å². The Kier molecular flexibility index (Phi) is 5.21. The van der Waals surface area contributed by atoms with Gasteiger partial charge in [0.15, 0.2) is 5.82 Å². The molecular weight excluding hydrogens is 320 g/mol. The summed E-state index contributed by atoms with van der Waals surface area (Å²) in [7, 11) is 0. The van der Waals surface area contributed by atoms with E-state index in [4.69, 9.17) is 9.15 Å². The number of esters is 1. The molecule has 0 radical (unpaired) electrons. The monoisotopic (exact) mass is 344 g/mol. The molecule has 25 heavy (non-hydrogen) atoms. The second kappa shape index (κ2) is 7.55. The minimum atomic E-state index is -0.131. The van der Waals surface area contributed by atoms with Gasteiger partial charge in [-0.1, -0.05) is 12.2 Å². The number of anilines is 1. The Balaban J connectivity index is 1.88. The van der Waals surface area contributed by atoms with E-state index in [1.54, 1.807) is 12.5 Å². The SMILES string of the molecule is C=C(C)Cn1c(-c2ccoc2)nnc1N1CCC[C@H](C(=O)OCC)C1. The third-order valence-electron chi connectivity index (χ3n) is 4.26. The van der Waals surface area contributed by atoms with Crippen LogP contribution >= 0.6 is 0 Å². The Morgan fingerprint density at radius 2 is 2.32 bits per heavy atom. The molecule has 1 aliphatic heterocycles. The standard InChI is InChI=1S/C18H24N4O3/c1-4-25-17(23)14-6-5-8-21(11-14)18-20-19-16(15-7-9-24-12-15)22(18)10-13(2)3/h7,9,12,14H,2,4-6,8,10-11H2,1,3H3/t14-/m0/s1. The Hall–Kier alpha value is -2.57. The van der Waals surface area contributed by atoms with E-state index in [0.29, 0.717) is 19.7 Å². The van der Waals surface area contributed by atoms with Gasteiger partial charge in [-0.05, 0) is 32.8 Å². The lowest BCUT2D eigenvalue weighted by Gasteiger charge is -2.32. The van der Waals surface area contributed by atoms with Crippen LogP contribution < -0.4 is 4.90 Å². The molecule has 0 amide bonds. The highest BCUT2D eigenvalue weighted by atomic mass is 16.5. The van der Waals surface area contributed by atoms with Gasteiger partial charge in [-0.2, -0.15) is 0 Å². The van der Waals surface area contributed by atoms with Gasteiger partial charge in [0.05, 0.1) is 24.4 Å². The molecule has 7 nitrogen and oxygen atoms in total. The second-order valence-electron chi connectivity index (χ2n) is 6.42. The molecule has 7 heteroatoms. The number of hydrogen-bond donors (Lipinski definition) is 0. The van der Waals surface area contributed by atoms with Crippen LogP contribution in [-0.4, -0.2) is 40.4 Å². The predicted octanol–water partition coefficient (Wildman–Crippen LogP) is 2.89. The molecule has 0 saturated carbocycles. The summed E-state index contributed by atoms with van der Waals surface area (Å²) in [5.41, 5.74) is 1.88. The highest BCUT2D eigenvalue weighted by Crippen LogP contribution is 2.28. The van der Waals surface area contributed by atoms with E-state index in [1.165, 1.54) is 0 Å². The first-order valence-corrected chi connectivity index (χ1v) is 8.62. The van der Waals surface area contributed by atoms with Gasteiger partial charge >= 0.3 is 5.97 Å². The van der Waals surface area contributed by atoms with Crippen LogP contribution in [0.2, 0.25) is 0 Å². The first-order valence-electron chi connectivity index (χ1n) is 8.62. The number of ether oxygens (including phenoxy) is 1. The van der Waals surface area contributed by atoms with Crippen molar-refractivity contribution in [1.29, 1.82) is 0 Å². The molecule has 0 N–H and O–H groups in total. The molecule has 1 atom stereocenters. The molecule has 0 spiro atoms. The minimum absolute atomic E-state index is 0.124. The Morgan fingerprint density at radius 1 is 1.48 bits per heavy atom. The van der Waals surface area contributed by atoms with Crippen LogP contribution in [0.1, 0.15) is 26.7 Å². The Labute approximate surface area is 147 Å². The minimum Gasteiger partial charge on any atom is -0.472 e. The van der Waals surface area contributed by atoms with Crippen molar-refractivity contribution in [2.24, 2.45) is 5.92 Å². The van der Waals surface area contributed by atoms with Crippen LogP contribution in [0.4, 0.5) is 5.95 Å². The summed E-state index contributed by atoms with van der Waals surface area (Å²) in [6.45, 7) is 10.3. The van der Waals surface area contributed by atoms with Crippen molar-refractivity contribution >= 4 is 11.9 Å². The maximum Gasteiger partial charge on any atom is 0.310 e. The zero-order valence-corrected chi connectivity index (χ0v) is 14.8. The lowest BCUT2D eigenvalue weighted by Crippen LogP contribution is -2.40. The van der Waals surface area contributed by atoms with Crippen molar-refractivity contribution < 1.29 is 13.9 Å². The second-order valence-corrected chi connectivity index (χ2v) is 6.42. The predicted molar refractivity (Wildman–Crippen MR) is 94.1 cm³/mol. The van der Waals surface area contributed by atoms with E-state index in [0.717, 1.165) is 42.3 Å². The number of carbonyl (C=O) groups excluding carboxylic acids is 1. The van der Waals surface area contributed by atoms with Gasteiger partial charge in [-0.15, -0.1) is 10.2 Å². The number of hydrogen-bond acceptors (Lipinski definition) is 6. The number of allylic oxidation sites excluding steroid dienone is 1. The van der Waals surface area contributed by atoms with E-state index in [-0.39, 0.29) is 11.9 Å². The fourth-order valence-electron chi connectivity index (χ4n) is 3.16. The molecule has 0 aromatic carbocycles. The fourth-order valence-corrected chi connectivity index (χ4v) is 3.16. The van der Waals surface area contributed by atoms with E-state index in [9.17, 15) is 4.79 Å². The first kappa shape index (κ1) is 17.3. The average Bonchev–Trinajstić information content (AvgIpc) is 3.24. The van der Waals surface area contributed by atoms with Gasteiger partial charge in [0.2, 0.25) is 5.95 Å². The maximum atomic E-state index is 12.1. The summed E-state index contributed by atoms with van der Waals surface area (Å²) in [6, 6.07) is 1.86. The van der Waals surface area contributed by atoms with Gasteiger partial charge in [0.1, 0.15) is 6.26 Å². The van der Waals surface area contributed by atoms with Gasteiger partial charge in [0.25, 0.3) is 0 Å². The Bertz CT molecular complexity index is 736. The van der Waals surface area contributed by atoms with Gasteiger partial charge < -0.3 is 14.1 Å². The van der Waals surface area contributed by atoms with E-state index in [1.807, 2.05) is 24.5 Å². The van der Waals surface area contributed by atoms with E-state index >= 15 is 0 Å². The van der Waals surface area contributed by atoms with Crippen LogP contribution in [0, 0.1) is 5.92 Å². The van der Waals surface area contributed by atoms with E-state index < -0.39 is 0 Å². The molecule has 3 heterocycles. The molecule has 2 aromatic heterocycles. The number of nitrogens with zero attached hydrogens (tertiary/aromatic N) is 4. The molecule has 3 rings (SSSR count). The first-order chi connectivity index (χ1) is 12.1. The average molecular weight is 344 g/mol. The molecule has 134 valence electrons. The maximum absolute atomic E-state index is 12.1. The van der Waals surface area contributed by atoms with Crippen molar-refractivity contribution in [2.75, 3.05) is 24.6 Å². The molecule has 1 saturated heterocycles. The summed E-state index contributed by atoms with van der Waals surface area (Å²) in [6.07, 6.45) is 5.04. The van der Waals surface area contributed by atoms with Crippen molar-refractivity contribution in [3.05, 3.63) is 30.7 Å². The molecule has 1 fully saturated rings. The molecule has 1 aliphatic rings. The van der Waals surface area contributed by atoms with E-state index in [2.05, 4.69) is 21.7 Å². The smallest absolute Gasteiger partial charge is 0.310 e. The van der Waals surface area contributed by atoms with Gasteiger partial charge in [-0.3, -0.25) is 9.36 Å². The zero-order chi connectivity index (χ0) is 17.8. The number of furan rings is 1. The van der Waals surface area contributed by atoms with Crippen molar-refractivity contribution in [3.63, 3.8) is 0 Å². The number of carbonyl (C=O) groups is 1. The number of rotatable bonds is 6. The van der Waals surface area contributed by atoms with Crippen LogP contribution in [0.3, 0.4) is 0 Å². The molecular formula is C18H24N4O3. The topological polar surface area (TPSA) is 73.4 Å². The highest BCUT2D eigenvalue weighted by Gasteiger charge is 2.30. The molecule has 0 bridgehead atoms.